The maximum absolute atomic E-state index is 13.0. The number of amides is 2. The van der Waals surface area contributed by atoms with Gasteiger partial charge < -0.3 is 19.0 Å². The number of rotatable bonds is 1. The Bertz CT molecular complexity index is 903. The average molecular weight is 397 g/mol. The van der Waals surface area contributed by atoms with Crippen molar-refractivity contribution in [1.29, 1.82) is 0 Å². The highest BCUT2D eigenvalue weighted by Crippen LogP contribution is 2.47. The van der Waals surface area contributed by atoms with Gasteiger partial charge in [0.1, 0.15) is 18.1 Å². The van der Waals surface area contributed by atoms with Crippen molar-refractivity contribution in [1.82, 2.24) is 14.8 Å². The fourth-order valence-corrected chi connectivity index (χ4v) is 3.82. The van der Waals surface area contributed by atoms with Crippen LogP contribution in [0, 0.1) is 12.3 Å². The number of ether oxygens (including phenoxy) is 1. The molecular formula is C22H27N3O4. The summed E-state index contributed by atoms with van der Waals surface area (Å²) in [5.41, 5.74) is 0.977. The molecule has 4 rings (SSSR count). The lowest BCUT2D eigenvalue weighted by Gasteiger charge is -2.26. The minimum atomic E-state index is -0.360. The Kier molecular flexibility index (Phi) is 5.30. The van der Waals surface area contributed by atoms with Gasteiger partial charge in [0.2, 0.25) is 5.91 Å². The Balaban J connectivity index is 1.58. The van der Waals surface area contributed by atoms with Crippen molar-refractivity contribution in [3.05, 3.63) is 47.7 Å². The van der Waals surface area contributed by atoms with Crippen LogP contribution in [0.25, 0.3) is 0 Å². The molecule has 1 fully saturated rings. The van der Waals surface area contributed by atoms with Crippen LogP contribution in [0.15, 0.2) is 35.1 Å². The molecular weight excluding hydrogens is 370 g/mol. The van der Waals surface area contributed by atoms with E-state index < -0.39 is 0 Å². The van der Waals surface area contributed by atoms with Crippen molar-refractivity contribution in [2.45, 2.75) is 39.2 Å². The Morgan fingerprint density at radius 2 is 2.00 bits per heavy atom. The predicted molar refractivity (Wildman–Crippen MR) is 106 cm³/mol. The molecule has 29 heavy (non-hydrogen) atoms. The first kappa shape index (κ1) is 19.5. The summed E-state index contributed by atoms with van der Waals surface area (Å²) in [6, 6.07) is 7.76. The number of aromatic nitrogens is 1. The molecule has 2 heterocycles. The molecule has 2 amide bonds. The zero-order chi connectivity index (χ0) is 20.4. The molecule has 0 unspecified atom stereocenters. The summed E-state index contributed by atoms with van der Waals surface area (Å²) in [7, 11) is 1.86. The number of nitrogens with zero attached hydrogens (tertiary/aromatic N) is 3. The van der Waals surface area contributed by atoms with Crippen LogP contribution in [0.4, 0.5) is 0 Å². The zero-order valence-corrected chi connectivity index (χ0v) is 17.0. The van der Waals surface area contributed by atoms with Gasteiger partial charge in [-0.1, -0.05) is 12.1 Å². The van der Waals surface area contributed by atoms with Crippen molar-refractivity contribution in [2.24, 2.45) is 5.41 Å². The highest BCUT2D eigenvalue weighted by Gasteiger charge is 2.52. The molecule has 1 aliphatic heterocycles. The zero-order valence-electron chi connectivity index (χ0n) is 17.0. The van der Waals surface area contributed by atoms with Gasteiger partial charge in [0.15, 0.2) is 12.1 Å². The number of hydrogen-bond acceptors (Lipinski definition) is 5. The van der Waals surface area contributed by atoms with Crippen LogP contribution in [0.3, 0.4) is 0 Å². The predicted octanol–water partition coefficient (Wildman–Crippen LogP) is 3.04. The first-order chi connectivity index (χ1) is 14.0. The van der Waals surface area contributed by atoms with E-state index in [0.29, 0.717) is 37.7 Å². The topological polar surface area (TPSA) is 75.9 Å². The minimum Gasteiger partial charge on any atom is -0.492 e. The molecule has 0 atom stereocenters. The number of oxazole rings is 1. The standard InChI is InChI=1S/C22H27N3O4/c1-16-19(23-15-29-16)20(26)25-11-4-3-10-24(2)21(27)22(8-9-22)14-28-18-7-5-6-17(12-18)13-25/h5-7,12,15H,3-4,8-11,13-14H2,1-2H3. The van der Waals surface area contributed by atoms with Crippen LogP contribution in [-0.2, 0) is 11.3 Å². The molecule has 1 spiro atoms. The van der Waals surface area contributed by atoms with Gasteiger partial charge in [0.05, 0.1) is 5.41 Å². The molecule has 7 nitrogen and oxygen atoms in total. The summed E-state index contributed by atoms with van der Waals surface area (Å²) < 4.78 is 11.2. The highest BCUT2D eigenvalue weighted by atomic mass is 16.5. The van der Waals surface area contributed by atoms with Gasteiger partial charge in [-0.25, -0.2) is 4.98 Å². The second kappa shape index (κ2) is 7.89. The summed E-state index contributed by atoms with van der Waals surface area (Å²) in [6.45, 7) is 3.89. The van der Waals surface area contributed by atoms with Crippen LogP contribution < -0.4 is 4.74 Å². The Morgan fingerprint density at radius 3 is 2.72 bits per heavy atom. The van der Waals surface area contributed by atoms with Crippen LogP contribution in [0.5, 0.6) is 5.75 Å². The third-order valence-corrected chi connectivity index (χ3v) is 5.85. The van der Waals surface area contributed by atoms with Crippen molar-refractivity contribution >= 4 is 11.8 Å². The lowest BCUT2D eigenvalue weighted by atomic mass is 10.1. The van der Waals surface area contributed by atoms with Crippen molar-refractivity contribution < 1.29 is 18.7 Å². The number of benzene rings is 1. The number of aryl methyl sites for hydroxylation is 1. The molecule has 2 aromatic rings. The molecule has 2 aliphatic rings. The summed E-state index contributed by atoms with van der Waals surface area (Å²) >= 11 is 0. The van der Waals surface area contributed by atoms with Gasteiger partial charge in [0.25, 0.3) is 5.91 Å². The van der Waals surface area contributed by atoms with Gasteiger partial charge >= 0.3 is 0 Å². The average Bonchev–Trinajstić information content (AvgIpc) is 3.40. The SMILES string of the molecule is Cc1ocnc1C(=O)N1CCCCN(C)C(=O)C2(CC2)COc2cccc(c2)C1. The first-order valence-corrected chi connectivity index (χ1v) is 10.2. The van der Waals surface area contributed by atoms with Crippen molar-refractivity contribution in [3.8, 4) is 5.75 Å². The van der Waals surface area contributed by atoms with Gasteiger partial charge in [-0.3, -0.25) is 9.59 Å². The highest BCUT2D eigenvalue weighted by molar-refractivity contribution is 5.93. The van der Waals surface area contributed by atoms with Crippen LogP contribution in [0.1, 0.15) is 47.5 Å². The third-order valence-electron chi connectivity index (χ3n) is 5.85. The minimum absolute atomic E-state index is 0.143. The van der Waals surface area contributed by atoms with E-state index in [1.165, 1.54) is 6.39 Å². The third kappa shape index (κ3) is 4.13. The van der Waals surface area contributed by atoms with E-state index in [4.69, 9.17) is 9.15 Å². The van der Waals surface area contributed by atoms with E-state index in [0.717, 1.165) is 37.0 Å². The summed E-state index contributed by atoms with van der Waals surface area (Å²) in [5, 5.41) is 0. The Hall–Kier alpha value is -2.83. The van der Waals surface area contributed by atoms with Crippen LogP contribution in [0.2, 0.25) is 0 Å². The molecule has 7 heteroatoms. The molecule has 0 N–H and O–H groups in total. The molecule has 2 bridgehead atoms. The summed E-state index contributed by atoms with van der Waals surface area (Å²) in [4.78, 5) is 33.6. The van der Waals surface area contributed by atoms with Crippen molar-refractivity contribution in [2.75, 3.05) is 26.7 Å². The second-order valence-corrected chi connectivity index (χ2v) is 8.13. The molecule has 154 valence electrons. The molecule has 1 aromatic heterocycles. The Morgan fingerprint density at radius 1 is 1.21 bits per heavy atom. The molecule has 0 saturated heterocycles. The molecule has 0 radical (unpaired) electrons. The van der Waals surface area contributed by atoms with Gasteiger partial charge in [-0.2, -0.15) is 0 Å². The lowest BCUT2D eigenvalue weighted by Crippen LogP contribution is -2.38. The largest absolute Gasteiger partial charge is 0.492 e. The van der Waals surface area contributed by atoms with E-state index in [1.54, 1.807) is 11.8 Å². The molecule has 1 aliphatic carbocycles. The lowest BCUT2D eigenvalue weighted by molar-refractivity contribution is -0.136. The van der Waals surface area contributed by atoms with Crippen molar-refractivity contribution in [3.63, 3.8) is 0 Å². The molecule has 1 aromatic carbocycles. The fraction of sp³-hybridized carbons (Fsp3) is 0.500. The summed E-state index contributed by atoms with van der Waals surface area (Å²) in [5.74, 6) is 1.27. The van der Waals surface area contributed by atoms with Gasteiger partial charge in [-0.15, -0.1) is 0 Å². The second-order valence-electron chi connectivity index (χ2n) is 8.13. The number of carbonyl (C=O) groups excluding carboxylic acids is 2. The fourth-order valence-electron chi connectivity index (χ4n) is 3.82. The number of hydrogen-bond donors (Lipinski definition) is 0. The monoisotopic (exact) mass is 397 g/mol. The quantitative estimate of drug-likeness (QED) is 0.739. The van der Waals surface area contributed by atoms with E-state index in [9.17, 15) is 9.59 Å². The van der Waals surface area contributed by atoms with E-state index in [2.05, 4.69) is 4.98 Å². The molecule has 1 saturated carbocycles. The smallest absolute Gasteiger partial charge is 0.276 e. The van der Waals surface area contributed by atoms with Crippen LogP contribution >= 0.6 is 0 Å². The number of fused-ring (bicyclic) bond motifs is 2. The van der Waals surface area contributed by atoms with Gasteiger partial charge in [-0.05, 0) is 50.3 Å². The normalized spacial score (nSPS) is 19.6. The Labute approximate surface area is 170 Å². The van der Waals surface area contributed by atoms with Crippen LogP contribution in [-0.4, -0.2) is 53.3 Å². The van der Waals surface area contributed by atoms with E-state index in [-0.39, 0.29) is 17.2 Å². The van der Waals surface area contributed by atoms with E-state index >= 15 is 0 Å². The maximum Gasteiger partial charge on any atom is 0.276 e. The van der Waals surface area contributed by atoms with Gasteiger partial charge in [0, 0.05) is 26.7 Å². The maximum atomic E-state index is 13.0. The number of carbonyl (C=O) groups is 2. The first-order valence-electron chi connectivity index (χ1n) is 10.2. The van der Waals surface area contributed by atoms with E-state index in [1.807, 2.05) is 36.2 Å². The summed E-state index contributed by atoms with van der Waals surface area (Å²) in [6.07, 6.45) is 4.71.